The Balaban J connectivity index is 1.45. The highest BCUT2D eigenvalue weighted by Crippen LogP contribution is 2.41. The van der Waals surface area contributed by atoms with Gasteiger partial charge >= 0.3 is 0 Å². The molecule has 7 nitrogen and oxygen atoms in total. The summed E-state index contributed by atoms with van der Waals surface area (Å²) in [4.78, 5) is 1.96. The first-order valence-electron chi connectivity index (χ1n) is 12.6. The minimum atomic E-state index is 0.262. The fraction of sp³-hybridized carbons (Fsp3) is 0. The van der Waals surface area contributed by atoms with Gasteiger partial charge in [0.1, 0.15) is 34.5 Å². The van der Waals surface area contributed by atoms with E-state index in [0.717, 1.165) is 32.9 Å². The Hall–Kier alpha value is -6.54. The molecule has 0 unspecified atom stereocenters. The van der Waals surface area contributed by atoms with Gasteiger partial charge in [0, 0.05) is 50.7 Å². The Morgan fingerprint density at radius 2 is 0.829 bits per heavy atom. The van der Waals surface area contributed by atoms with E-state index in [4.69, 9.17) is 8.83 Å². The van der Waals surface area contributed by atoms with Gasteiger partial charge in [-0.1, -0.05) is 0 Å². The summed E-state index contributed by atoms with van der Waals surface area (Å²) in [5, 5.41) is 41.5. The molecule has 2 aromatic heterocycles. The molecule has 0 N–H and O–H groups in total. The third-order valence-corrected chi connectivity index (χ3v) is 7.19. The molecule has 0 aliphatic carbocycles. The van der Waals surface area contributed by atoms with Crippen molar-refractivity contribution in [2.45, 2.75) is 0 Å². The maximum Gasteiger partial charge on any atom is 0.137 e. The van der Waals surface area contributed by atoms with Crippen molar-refractivity contribution in [3.63, 3.8) is 0 Å². The molecule has 0 atom stereocenters. The van der Waals surface area contributed by atoms with Gasteiger partial charge in [0.2, 0.25) is 0 Å². The predicted octanol–water partition coefficient (Wildman–Crippen LogP) is 8.44. The van der Waals surface area contributed by atoms with Gasteiger partial charge in [-0.2, -0.15) is 21.0 Å². The number of fused-ring (bicyclic) bond motifs is 6. The SMILES string of the molecule is N#Cc1ccc2c(c1)oc1cc(N(c3ccc(C#N)c(C#N)c3)c3ccc4c(c3)oc3cc(C#N)ccc34)ccc12. The van der Waals surface area contributed by atoms with Crippen molar-refractivity contribution in [1.29, 1.82) is 21.0 Å². The number of furan rings is 2. The molecule has 2 heterocycles. The molecular formula is C34H15N5O2. The second-order valence-electron chi connectivity index (χ2n) is 9.50. The van der Waals surface area contributed by atoms with Crippen molar-refractivity contribution in [2.75, 3.05) is 4.90 Å². The largest absolute Gasteiger partial charge is 0.456 e. The lowest BCUT2D eigenvalue weighted by molar-refractivity contribution is 0.669. The molecule has 0 aliphatic rings. The monoisotopic (exact) mass is 525 g/mol. The number of anilines is 3. The Labute approximate surface area is 233 Å². The fourth-order valence-electron chi connectivity index (χ4n) is 5.26. The maximum absolute atomic E-state index is 9.73. The summed E-state index contributed by atoms with van der Waals surface area (Å²) >= 11 is 0. The minimum absolute atomic E-state index is 0.262. The van der Waals surface area contributed by atoms with Gasteiger partial charge in [0.25, 0.3) is 0 Å². The Bertz CT molecular complexity index is 2250. The van der Waals surface area contributed by atoms with Gasteiger partial charge < -0.3 is 13.7 Å². The zero-order chi connectivity index (χ0) is 28.1. The third kappa shape index (κ3) is 3.71. The van der Waals surface area contributed by atoms with E-state index in [1.165, 1.54) is 0 Å². The number of benzene rings is 5. The Morgan fingerprint density at radius 3 is 1.29 bits per heavy atom. The van der Waals surface area contributed by atoms with Crippen LogP contribution in [0.15, 0.2) is 99.8 Å². The number of nitriles is 4. The molecule has 0 spiro atoms. The Morgan fingerprint density at radius 1 is 0.415 bits per heavy atom. The van der Waals surface area contributed by atoms with Gasteiger partial charge in [0.05, 0.1) is 34.4 Å². The van der Waals surface area contributed by atoms with Crippen molar-refractivity contribution in [3.05, 3.63) is 113 Å². The smallest absolute Gasteiger partial charge is 0.137 e. The van der Waals surface area contributed by atoms with Crippen molar-refractivity contribution in [1.82, 2.24) is 0 Å². The van der Waals surface area contributed by atoms with Crippen LogP contribution in [0.4, 0.5) is 17.1 Å². The fourth-order valence-corrected chi connectivity index (χ4v) is 5.26. The zero-order valence-electron chi connectivity index (χ0n) is 21.2. The summed E-state index contributed by atoms with van der Waals surface area (Å²) in [5.74, 6) is 0. The van der Waals surface area contributed by atoms with Crippen LogP contribution in [0, 0.1) is 45.3 Å². The number of hydrogen-bond acceptors (Lipinski definition) is 7. The van der Waals surface area contributed by atoms with Crippen LogP contribution in [-0.2, 0) is 0 Å². The van der Waals surface area contributed by atoms with E-state index in [0.29, 0.717) is 44.7 Å². The van der Waals surface area contributed by atoms with E-state index >= 15 is 0 Å². The van der Waals surface area contributed by atoms with Crippen LogP contribution in [0.2, 0.25) is 0 Å². The van der Waals surface area contributed by atoms with Crippen LogP contribution in [-0.4, -0.2) is 0 Å². The molecule has 0 bridgehead atoms. The van der Waals surface area contributed by atoms with Crippen LogP contribution in [0.1, 0.15) is 22.3 Å². The second-order valence-corrected chi connectivity index (χ2v) is 9.50. The number of hydrogen-bond donors (Lipinski definition) is 0. The first-order chi connectivity index (χ1) is 20.1. The van der Waals surface area contributed by atoms with Gasteiger partial charge in [-0.25, -0.2) is 0 Å². The van der Waals surface area contributed by atoms with Gasteiger partial charge in [-0.15, -0.1) is 0 Å². The van der Waals surface area contributed by atoms with Crippen molar-refractivity contribution < 1.29 is 8.83 Å². The molecule has 7 heteroatoms. The molecule has 0 radical (unpaired) electrons. The number of rotatable bonds is 3. The Kier molecular flexibility index (Phi) is 5.19. The molecule has 7 aromatic rings. The van der Waals surface area contributed by atoms with Gasteiger partial charge in [-0.05, 0) is 78.9 Å². The van der Waals surface area contributed by atoms with Gasteiger partial charge in [-0.3, -0.25) is 0 Å². The van der Waals surface area contributed by atoms with Crippen LogP contribution in [0.3, 0.4) is 0 Å². The molecular weight excluding hydrogens is 510 g/mol. The van der Waals surface area contributed by atoms with E-state index < -0.39 is 0 Å². The average Bonchev–Trinajstić information content (AvgIpc) is 3.57. The summed E-state index contributed by atoms with van der Waals surface area (Å²) in [5.41, 5.74) is 6.28. The summed E-state index contributed by atoms with van der Waals surface area (Å²) in [6.07, 6.45) is 0. The highest BCUT2D eigenvalue weighted by molar-refractivity contribution is 6.08. The molecule has 0 amide bonds. The minimum Gasteiger partial charge on any atom is -0.456 e. The lowest BCUT2D eigenvalue weighted by Gasteiger charge is -2.25. The van der Waals surface area contributed by atoms with E-state index in [1.807, 2.05) is 53.4 Å². The van der Waals surface area contributed by atoms with Crippen molar-refractivity contribution in [3.8, 4) is 24.3 Å². The van der Waals surface area contributed by atoms with Crippen LogP contribution in [0.25, 0.3) is 43.9 Å². The van der Waals surface area contributed by atoms with E-state index in [9.17, 15) is 21.0 Å². The zero-order valence-corrected chi connectivity index (χ0v) is 21.2. The molecule has 5 aromatic carbocycles. The average molecular weight is 526 g/mol. The quantitative estimate of drug-likeness (QED) is 0.227. The molecule has 0 saturated carbocycles. The number of nitrogens with zero attached hydrogens (tertiary/aromatic N) is 5. The molecule has 188 valence electrons. The molecule has 0 fully saturated rings. The highest BCUT2D eigenvalue weighted by Gasteiger charge is 2.19. The third-order valence-electron chi connectivity index (χ3n) is 7.19. The standard InChI is InChI=1S/C34H15N5O2/c35-16-20-1-7-27-29-9-5-25(14-33(29)40-31(27)11-20)39(24-4-3-22(18-37)23(13-24)19-38)26-6-10-30-28-8-2-21(17-36)12-32(28)41-34(30)15-26/h1-15H. The molecule has 41 heavy (non-hydrogen) atoms. The first-order valence-corrected chi connectivity index (χ1v) is 12.6. The normalized spacial score (nSPS) is 10.8. The van der Waals surface area contributed by atoms with Gasteiger partial charge in [0.15, 0.2) is 0 Å². The van der Waals surface area contributed by atoms with E-state index in [1.54, 1.807) is 42.5 Å². The lowest BCUT2D eigenvalue weighted by atomic mass is 10.1. The predicted molar refractivity (Wildman–Crippen MR) is 155 cm³/mol. The summed E-state index contributed by atoms with van der Waals surface area (Å²) in [7, 11) is 0. The highest BCUT2D eigenvalue weighted by atomic mass is 16.3. The maximum atomic E-state index is 9.73. The lowest BCUT2D eigenvalue weighted by Crippen LogP contribution is -2.10. The van der Waals surface area contributed by atoms with Crippen LogP contribution < -0.4 is 4.90 Å². The first kappa shape index (κ1) is 23.6. The summed E-state index contributed by atoms with van der Waals surface area (Å²) in [6, 6.07) is 36.0. The molecule has 0 aliphatic heterocycles. The summed E-state index contributed by atoms with van der Waals surface area (Å²) < 4.78 is 12.3. The van der Waals surface area contributed by atoms with Crippen molar-refractivity contribution in [2.24, 2.45) is 0 Å². The molecule has 7 rings (SSSR count). The topological polar surface area (TPSA) is 125 Å². The van der Waals surface area contributed by atoms with Crippen LogP contribution >= 0.6 is 0 Å². The summed E-state index contributed by atoms with van der Waals surface area (Å²) in [6.45, 7) is 0. The second kappa shape index (κ2) is 9.04. The molecule has 0 saturated heterocycles. The van der Waals surface area contributed by atoms with E-state index in [-0.39, 0.29) is 5.56 Å². The van der Waals surface area contributed by atoms with E-state index in [2.05, 4.69) is 24.3 Å². The van der Waals surface area contributed by atoms with Crippen molar-refractivity contribution >= 4 is 60.9 Å². The van der Waals surface area contributed by atoms with Crippen LogP contribution in [0.5, 0.6) is 0 Å².